The van der Waals surface area contributed by atoms with Gasteiger partial charge in [0.25, 0.3) is 0 Å². The predicted molar refractivity (Wildman–Crippen MR) is 89.7 cm³/mol. The third kappa shape index (κ3) is 3.35. The fraction of sp³-hybridized carbons (Fsp3) is 0.200. The molecular weight excluding hydrogens is 310 g/mol. The molecule has 2 aromatic heterocycles. The Hall–Kier alpha value is -3.36. The van der Waals surface area contributed by atoms with E-state index in [1.807, 2.05) is 30.5 Å². The summed E-state index contributed by atoms with van der Waals surface area (Å²) in [5.41, 5.74) is 1.56. The van der Waals surface area contributed by atoms with Crippen molar-refractivity contribution in [2.75, 3.05) is 24.7 Å². The number of carbonyl (C=O) groups is 2. The average Bonchev–Trinajstić information content (AvgIpc) is 3.17. The van der Waals surface area contributed by atoms with E-state index in [0.29, 0.717) is 5.69 Å². The highest BCUT2D eigenvalue weighted by Crippen LogP contribution is 2.21. The van der Waals surface area contributed by atoms with Crippen molar-refractivity contribution in [1.82, 2.24) is 24.9 Å². The molecule has 0 aliphatic heterocycles. The number of fused-ring (bicyclic) bond motifs is 1. The second-order valence-corrected chi connectivity index (χ2v) is 5.42. The number of hydrogen-bond donors (Lipinski definition) is 3. The van der Waals surface area contributed by atoms with Gasteiger partial charge in [-0.3, -0.25) is 10.1 Å². The first-order chi connectivity index (χ1) is 11.5. The number of aromatic nitrogens is 4. The molecule has 9 heteroatoms. The van der Waals surface area contributed by atoms with Gasteiger partial charge < -0.3 is 15.2 Å². The van der Waals surface area contributed by atoms with Gasteiger partial charge in [-0.25, -0.2) is 9.48 Å². The molecule has 0 atom stereocenters. The van der Waals surface area contributed by atoms with Gasteiger partial charge in [0.1, 0.15) is 6.54 Å². The van der Waals surface area contributed by atoms with E-state index in [2.05, 4.69) is 25.9 Å². The van der Waals surface area contributed by atoms with Crippen molar-refractivity contribution in [3.8, 4) is 0 Å². The summed E-state index contributed by atoms with van der Waals surface area (Å²) in [7, 11) is 3.24. The normalized spacial score (nSPS) is 10.6. The molecule has 0 aliphatic rings. The van der Waals surface area contributed by atoms with Crippen molar-refractivity contribution in [1.29, 1.82) is 0 Å². The van der Waals surface area contributed by atoms with Gasteiger partial charge >= 0.3 is 6.03 Å². The quantitative estimate of drug-likeness (QED) is 0.674. The number of aromatic amines is 1. The number of para-hydroxylation sites is 1. The zero-order valence-corrected chi connectivity index (χ0v) is 13.3. The van der Waals surface area contributed by atoms with Crippen molar-refractivity contribution < 1.29 is 9.59 Å². The zero-order chi connectivity index (χ0) is 17.1. The summed E-state index contributed by atoms with van der Waals surface area (Å²) in [6.07, 6.45) is 3.31. The van der Waals surface area contributed by atoms with Crippen LogP contribution in [0, 0.1) is 0 Å². The molecule has 24 heavy (non-hydrogen) atoms. The molecule has 0 aliphatic carbocycles. The molecule has 124 valence electrons. The van der Waals surface area contributed by atoms with E-state index in [1.54, 1.807) is 14.1 Å². The lowest BCUT2D eigenvalue weighted by Crippen LogP contribution is -2.27. The van der Waals surface area contributed by atoms with Crippen molar-refractivity contribution in [3.05, 3.63) is 36.7 Å². The molecule has 2 heterocycles. The third-order valence-corrected chi connectivity index (χ3v) is 3.35. The van der Waals surface area contributed by atoms with Crippen LogP contribution < -0.4 is 10.6 Å². The maximum Gasteiger partial charge on any atom is 0.322 e. The minimum absolute atomic E-state index is 0.0120. The summed E-state index contributed by atoms with van der Waals surface area (Å²) >= 11 is 0. The topological polar surface area (TPSA) is 108 Å². The first kappa shape index (κ1) is 15.5. The number of rotatable bonds is 4. The lowest BCUT2D eigenvalue weighted by molar-refractivity contribution is -0.116. The van der Waals surface area contributed by atoms with Crippen LogP contribution in [0.15, 0.2) is 36.7 Å². The van der Waals surface area contributed by atoms with Crippen LogP contribution in [0.25, 0.3) is 10.9 Å². The smallest absolute Gasteiger partial charge is 0.322 e. The summed E-state index contributed by atoms with van der Waals surface area (Å²) < 4.78 is 1.36. The van der Waals surface area contributed by atoms with Crippen LogP contribution in [0.2, 0.25) is 0 Å². The number of anilines is 2. The first-order valence-electron chi connectivity index (χ1n) is 7.27. The van der Waals surface area contributed by atoms with Crippen LogP contribution in [0.1, 0.15) is 0 Å². The molecule has 1 aromatic carbocycles. The second-order valence-electron chi connectivity index (χ2n) is 5.42. The number of nitrogens with zero attached hydrogens (tertiary/aromatic N) is 4. The number of amides is 3. The summed E-state index contributed by atoms with van der Waals surface area (Å²) in [6, 6.07) is 7.27. The molecule has 0 unspecified atom stereocenters. The Morgan fingerprint density at radius 3 is 2.88 bits per heavy atom. The summed E-state index contributed by atoms with van der Waals surface area (Å²) in [5, 5.41) is 14.0. The highest BCUT2D eigenvalue weighted by molar-refractivity contribution is 6.00. The molecule has 0 bridgehead atoms. The highest BCUT2D eigenvalue weighted by Gasteiger charge is 2.11. The monoisotopic (exact) mass is 327 g/mol. The molecule has 0 fully saturated rings. The molecule has 3 N–H and O–H groups in total. The minimum atomic E-state index is -0.315. The van der Waals surface area contributed by atoms with Gasteiger partial charge in [-0.15, -0.1) is 5.10 Å². The van der Waals surface area contributed by atoms with Crippen molar-refractivity contribution in [3.63, 3.8) is 0 Å². The van der Waals surface area contributed by atoms with E-state index in [0.717, 1.165) is 10.9 Å². The van der Waals surface area contributed by atoms with Crippen molar-refractivity contribution >= 4 is 34.3 Å². The van der Waals surface area contributed by atoms with Crippen LogP contribution in [0.4, 0.5) is 16.3 Å². The second kappa shape index (κ2) is 6.41. The van der Waals surface area contributed by atoms with E-state index >= 15 is 0 Å². The van der Waals surface area contributed by atoms with Crippen LogP contribution in [-0.4, -0.2) is 50.9 Å². The Labute approximate surface area is 137 Å². The molecule has 3 amide bonds. The van der Waals surface area contributed by atoms with E-state index in [4.69, 9.17) is 0 Å². The predicted octanol–water partition coefficient (Wildman–Crippen LogP) is 1.49. The lowest BCUT2D eigenvalue weighted by Gasteiger charge is -2.09. The zero-order valence-electron chi connectivity index (χ0n) is 13.3. The molecule has 0 spiro atoms. The van der Waals surface area contributed by atoms with Crippen molar-refractivity contribution in [2.45, 2.75) is 6.54 Å². The van der Waals surface area contributed by atoms with E-state index < -0.39 is 0 Å². The maximum atomic E-state index is 12.2. The fourth-order valence-corrected chi connectivity index (χ4v) is 2.18. The van der Waals surface area contributed by atoms with Crippen LogP contribution >= 0.6 is 0 Å². The minimum Gasteiger partial charge on any atom is -0.359 e. The Balaban J connectivity index is 1.64. The number of urea groups is 1. The first-order valence-corrected chi connectivity index (χ1v) is 7.27. The van der Waals surface area contributed by atoms with Crippen molar-refractivity contribution in [2.24, 2.45) is 0 Å². The number of carbonyl (C=O) groups excluding carboxylic acids is 2. The summed E-state index contributed by atoms with van der Waals surface area (Å²) in [6.45, 7) is -0.0120. The van der Waals surface area contributed by atoms with Gasteiger partial charge in [0.05, 0.1) is 17.4 Å². The van der Waals surface area contributed by atoms with E-state index in [-0.39, 0.29) is 24.3 Å². The maximum absolute atomic E-state index is 12.2. The standard InChI is InChI=1S/C15H17N7O2/c1-21(2)15(24)18-12-8-22(20-19-12)9-13(23)17-11-5-3-4-10-6-7-16-14(10)11/h3-8,16H,9H2,1-2H3,(H,17,23)(H,18,24). The Kier molecular flexibility index (Phi) is 4.15. The van der Waals surface area contributed by atoms with Gasteiger partial charge in [0.2, 0.25) is 5.91 Å². The Bertz CT molecular complexity index is 881. The highest BCUT2D eigenvalue weighted by atomic mass is 16.2. The lowest BCUT2D eigenvalue weighted by atomic mass is 10.2. The van der Waals surface area contributed by atoms with Gasteiger partial charge in [-0.1, -0.05) is 17.3 Å². The van der Waals surface area contributed by atoms with Gasteiger partial charge in [0.15, 0.2) is 5.82 Å². The third-order valence-electron chi connectivity index (χ3n) is 3.35. The van der Waals surface area contributed by atoms with Gasteiger partial charge in [-0.2, -0.15) is 0 Å². The Morgan fingerprint density at radius 1 is 1.25 bits per heavy atom. The van der Waals surface area contributed by atoms with Crippen LogP contribution in [0.3, 0.4) is 0 Å². The van der Waals surface area contributed by atoms with Crippen LogP contribution in [-0.2, 0) is 11.3 Å². The van der Waals surface area contributed by atoms with Crippen LogP contribution in [0.5, 0.6) is 0 Å². The van der Waals surface area contributed by atoms with E-state index in [1.165, 1.54) is 15.8 Å². The number of benzene rings is 1. The number of hydrogen-bond acceptors (Lipinski definition) is 4. The fourth-order valence-electron chi connectivity index (χ4n) is 2.18. The summed E-state index contributed by atoms with van der Waals surface area (Å²) in [4.78, 5) is 28.2. The molecule has 3 aromatic rings. The Morgan fingerprint density at radius 2 is 2.08 bits per heavy atom. The summed E-state index contributed by atoms with van der Waals surface area (Å²) in [5.74, 6) is 0.0421. The van der Waals surface area contributed by atoms with Gasteiger partial charge in [-0.05, 0) is 12.1 Å². The molecule has 0 saturated carbocycles. The molecule has 0 saturated heterocycles. The number of nitrogens with one attached hydrogen (secondary N) is 3. The molecular formula is C15H17N7O2. The molecule has 9 nitrogen and oxygen atoms in total. The van der Waals surface area contributed by atoms with Gasteiger partial charge in [0, 0.05) is 25.7 Å². The molecule has 0 radical (unpaired) electrons. The van der Waals surface area contributed by atoms with E-state index in [9.17, 15) is 9.59 Å². The largest absolute Gasteiger partial charge is 0.359 e. The number of H-pyrrole nitrogens is 1. The molecule has 3 rings (SSSR count). The average molecular weight is 327 g/mol. The SMILES string of the molecule is CN(C)C(=O)Nc1cn(CC(=O)Nc2cccc3cc[nH]c23)nn1.